The lowest BCUT2D eigenvalue weighted by Crippen LogP contribution is -2.22. The molecule has 2 nitrogen and oxygen atoms in total. The molecule has 0 spiro atoms. The van der Waals surface area contributed by atoms with Crippen molar-refractivity contribution in [3.05, 3.63) is 29.8 Å². The molecule has 1 aromatic rings. The second-order valence-electron chi connectivity index (χ2n) is 5.25. The monoisotopic (exact) mass is 238 g/mol. The molecule has 16 heavy (non-hydrogen) atoms. The first-order valence-corrected chi connectivity index (χ1v) is 9.46. The zero-order chi connectivity index (χ0) is 12.0. The van der Waals surface area contributed by atoms with Crippen LogP contribution in [-0.2, 0) is 4.74 Å². The Morgan fingerprint density at radius 3 is 2.44 bits per heavy atom. The van der Waals surface area contributed by atoms with Crippen LogP contribution in [0.5, 0.6) is 5.75 Å². The second-order valence-corrected chi connectivity index (χ2v) is 10.9. The Balaban J connectivity index is 2.19. The zero-order valence-corrected chi connectivity index (χ0v) is 11.7. The zero-order valence-electron chi connectivity index (χ0n) is 10.7. The summed E-state index contributed by atoms with van der Waals surface area (Å²) in [6, 6.07) is 9.18. The molecule has 1 rings (SSSR count). The second kappa shape index (κ2) is 6.06. The summed E-state index contributed by atoms with van der Waals surface area (Å²) in [5.41, 5.74) is 1.15. The van der Waals surface area contributed by atoms with Crippen LogP contribution in [0.3, 0.4) is 0 Å². The number of benzene rings is 1. The van der Waals surface area contributed by atoms with E-state index in [1.165, 1.54) is 6.04 Å². The molecule has 0 aromatic heterocycles. The van der Waals surface area contributed by atoms with Gasteiger partial charge in [-0.25, -0.2) is 0 Å². The van der Waals surface area contributed by atoms with E-state index in [2.05, 4.69) is 19.6 Å². The van der Waals surface area contributed by atoms with Crippen LogP contribution >= 0.6 is 0 Å². The maximum Gasteiger partial charge on any atom is 0.189 e. The number of para-hydroxylation sites is 1. The Hall–Kier alpha value is -0.803. The SMILES string of the molecule is Cc1ccccc1OCOCC[Si](C)(C)C. The third-order valence-electron chi connectivity index (χ3n) is 2.39. The molecule has 0 saturated heterocycles. The predicted octanol–water partition coefficient (Wildman–Crippen LogP) is 3.69. The highest BCUT2D eigenvalue weighted by atomic mass is 28.3. The van der Waals surface area contributed by atoms with Crippen molar-refractivity contribution in [2.45, 2.75) is 32.6 Å². The third kappa shape index (κ3) is 5.33. The van der Waals surface area contributed by atoms with Gasteiger partial charge in [-0.3, -0.25) is 0 Å². The molecular formula is C13H22O2Si. The van der Waals surface area contributed by atoms with Crippen molar-refractivity contribution in [3.63, 3.8) is 0 Å². The van der Waals surface area contributed by atoms with Gasteiger partial charge in [0.1, 0.15) is 5.75 Å². The van der Waals surface area contributed by atoms with Gasteiger partial charge in [0.05, 0.1) is 0 Å². The molecule has 0 aliphatic carbocycles. The lowest BCUT2D eigenvalue weighted by atomic mass is 10.2. The first-order chi connectivity index (χ1) is 7.49. The fourth-order valence-electron chi connectivity index (χ4n) is 1.26. The van der Waals surface area contributed by atoms with E-state index in [1.54, 1.807) is 0 Å². The van der Waals surface area contributed by atoms with E-state index in [4.69, 9.17) is 9.47 Å². The summed E-state index contributed by atoms with van der Waals surface area (Å²) >= 11 is 0. The summed E-state index contributed by atoms with van der Waals surface area (Å²) in [6.45, 7) is 10.2. The van der Waals surface area contributed by atoms with E-state index in [0.29, 0.717) is 6.79 Å². The van der Waals surface area contributed by atoms with Crippen molar-refractivity contribution in [2.75, 3.05) is 13.4 Å². The molecule has 0 heterocycles. The number of aryl methyl sites for hydroxylation is 1. The van der Waals surface area contributed by atoms with Gasteiger partial charge >= 0.3 is 0 Å². The Kier molecular flexibility index (Phi) is 5.02. The van der Waals surface area contributed by atoms with Gasteiger partial charge in [-0.1, -0.05) is 37.8 Å². The molecule has 0 saturated carbocycles. The van der Waals surface area contributed by atoms with Gasteiger partial charge in [-0.15, -0.1) is 0 Å². The van der Waals surface area contributed by atoms with Gasteiger partial charge in [0, 0.05) is 14.7 Å². The average Bonchev–Trinajstić information content (AvgIpc) is 2.18. The van der Waals surface area contributed by atoms with E-state index < -0.39 is 8.07 Å². The highest BCUT2D eigenvalue weighted by Crippen LogP contribution is 2.16. The van der Waals surface area contributed by atoms with Crippen molar-refractivity contribution in [2.24, 2.45) is 0 Å². The lowest BCUT2D eigenvalue weighted by Gasteiger charge is -2.15. The summed E-state index contributed by atoms with van der Waals surface area (Å²) in [6.07, 6.45) is 0. The fraction of sp³-hybridized carbons (Fsp3) is 0.538. The van der Waals surface area contributed by atoms with Crippen LogP contribution in [0, 0.1) is 6.92 Å². The minimum Gasteiger partial charge on any atom is -0.467 e. The van der Waals surface area contributed by atoms with Crippen molar-refractivity contribution in [1.29, 1.82) is 0 Å². The summed E-state index contributed by atoms with van der Waals surface area (Å²) in [7, 11) is -0.978. The van der Waals surface area contributed by atoms with Gasteiger partial charge in [0.15, 0.2) is 6.79 Å². The van der Waals surface area contributed by atoms with Crippen LogP contribution in [0.15, 0.2) is 24.3 Å². The molecule has 0 fully saturated rings. The minimum atomic E-state index is -0.978. The molecule has 0 radical (unpaired) electrons. The Bertz CT molecular complexity index is 318. The Morgan fingerprint density at radius 1 is 1.12 bits per heavy atom. The van der Waals surface area contributed by atoms with E-state index in [0.717, 1.165) is 17.9 Å². The summed E-state index contributed by atoms with van der Waals surface area (Å²) in [5, 5.41) is 0. The number of ether oxygens (including phenoxy) is 2. The molecule has 1 aromatic carbocycles. The van der Waals surface area contributed by atoms with Crippen LogP contribution in [0.1, 0.15) is 5.56 Å². The van der Waals surface area contributed by atoms with E-state index in [9.17, 15) is 0 Å². The number of hydrogen-bond acceptors (Lipinski definition) is 2. The van der Waals surface area contributed by atoms with E-state index in [-0.39, 0.29) is 0 Å². The van der Waals surface area contributed by atoms with Gasteiger partial charge in [-0.2, -0.15) is 0 Å². The maximum absolute atomic E-state index is 5.54. The van der Waals surface area contributed by atoms with Gasteiger partial charge < -0.3 is 9.47 Å². The van der Waals surface area contributed by atoms with Gasteiger partial charge in [0.25, 0.3) is 0 Å². The van der Waals surface area contributed by atoms with Crippen LogP contribution in [-0.4, -0.2) is 21.5 Å². The summed E-state index contributed by atoms with van der Waals surface area (Å²) < 4.78 is 11.0. The van der Waals surface area contributed by atoms with Crippen molar-refractivity contribution < 1.29 is 9.47 Å². The standard InChI is InChI=1S/C13H22O2Si/c1-12-7-5-6-8-13(12)15-11-14-9-10-16(2,3)4/h5-8H,9-11H2,1-4H3. The number of rotatable bonds is 6. The van der Waals surface area contributed by atoms with Crippen LogP contribution in [0.2, 0.25) is 25.7 Å². The molecule has 0 N–H and O–H groups in total. The van der Waals surface area contributed by atoms with Crippen LogP contribution < -0.4 is 4.74 Å². The molecular weight excluding hydrogens is 216 g/mol. The fourth-order valence-corrected chi connectivity index (χ4v) is 2.02. The molecule has 0 atom stereocenters. The average molecular weight is 238 g/mol. The highest BCUT2D eigenvalue weighted by Gasteiger charge is 2.11. The van der Waals surface area contributed by atoms with Crippen molar-refractivity contribution >= 4 is 8.07 Å². The van der Waals surface area contributed by atoms with E-state index in [1.807, 2.05) is 31.2 Å². The minimum absolute atomic E-state index is 0.356. The van der Waals surface area contributed by atoms with Gasteiger partial charge in [-0.05, 0) is 24.6 Å². The molecule has 0 amide bonds. The molecule has 0 aliphatic rings. The molecule has 3 heteroatoms. The molecule has 90 valence electrons. The van der Waals surface area contributed by atoms with E-state index >= 15 is 0 Å². The maximum atomic E-state index is 5.54. The highest BCUT2D eigenvalue weighted by molar-refractivity contribution is 6.76. The third-order valence-corrected chi connectivity index (χ3v) is 4.09. The Morgan fingerprint density at radius 2 is 1.81 bits per heavy atom. The number of hydrogen-bond donors (Lipinski definition) is 0. The van der Waals surface area contributed by atoms with Gasteiger partial charge in [0.2, 0.25) is 0 Å². The first-order valence-electron chi connectivity index (χ1n) is 5.75. The van der Waals surface area contributed by atoms with Crippen LogP contribution in [0.25, 0.3) is 0 Å². The van der Waals surface area contributed by atoms with Crippen molar-refractivity contribution in [3.8, 4) is 5.75 Å². The normalized spacial score (nSPS) is 11.5. The Labute approximate surface area is 99.6 Å². The summed E-state index contributed by atoms with van der Waals surface area (Å²) in [5.74, 6) is 0.913. The topological polar surface area (TPSA) is 18.5 Å². The quantitative estimate of drug-likeness (QED) is 0.427. The van der Waals surface area contributed by atoms with Crippen LogP contribution in [0.4, 0.5) is 0 Å². The summed E-state index contributed by atoms with van der Waals surface area (Å²) in [4.78, 5) is 0. The lowest BCUT2D eigenvalue weighted by molar-refractivity contribution is 0.0216. The first kappa shape index (κ1) is 13.3. The van der Waals surface area contributed by atoms with Crippen molar-refractivity contribution in [1.82, 2.24) is 0 Å². The largest absolute Gasteiger partial charge is 0.467 e. The molecule has 0 aliphatic heterocycles. The molecule has 0 bridgehead atoms. The molecule has 0 unspecified atom stereocenters. The smallest absolute Gasteiger partial charge is 0.189 e. The predicted molar refractivity (Wildman–Crippen MR) is 70.8 cm³/mol.